The Morgan fingerprint density at radius 2 is 2.00 bits per heavy atom. The molecule has 1 N–H and O–H groups in total. The second-order valence-corrected chi connectivity index (χ2v) is 9.09. The minimum Gasteiger partial charge on any atom is -0.309 e. The van der Waals surface area contributed by atoms with Gasteiger partial charge < -0.3 is 4.98 Å². The van der Waals surface area contributed by atoms with Crippen LogP contribution in [-0.4, -0.2) is 29.1 Å². The van der Waals surface area contributed by atoms with Crippen LogP contribution >= 0.6 is 23.1 Å². The number of H-pyrrole nitrogens is 1. The van der Waals surface area contributed by atoms with Gasteiger partial charge in [-0.2, -0.15) is 0 Å². The van der Waals surface area contributed by atoms with E-state index in [-0.39, 0.29) is 11.1 Å². The molecule has 0 radical (unpaired) electrons. The molecule has 10 heteroatoms. The average Bonchev–Trinajstić information content (AvgIpc) is 3.42. The predicted octanol–water partition coefficient (Wildman–Crippen LogP) is 3.82. The summed E-state index contributed by atoms with van der Waals surface area (Å²) in [5.74, 6) is 1.56. The minimum absolute atomic E-state index is 0.0444. The van der Waals surface area contributed by atoms with Crippen molar-refractivity contribution < 1.29 is 0 Å². The summed E-state index contributed by atoms with van der Waals surface area (Å²) in [7, 11) is 0. The summed E-state index contributed by atoms with van der Waals surface area (Å²) in [5.41, 5.74) is 1.30. The van der Waals surface area contributed by atoms with Crippen molar-refractivity contribution in [2.75, 3.05) is 0 Å². The highest BCUT2D eigenvalue weighted by atomic mass is 32.2. The quantitative estimate of drug-likeness (QED) is 0.298. The molecule has 1 aromatic carbocycles. The van der Waals surface area contributed by atoms with Crippen molar-refractivity contribution in [3.63, 3.8) is 0 Å². The van der Waals surface area contributed by atoms with Crippen molar-refractivity contribution in [2.24, 2.45) is 0 Å². The molecule has 0 saturated carbocycles. The number of aromatic nitrogens is 6. The standard InChI is InChI=1S/C21H20N6O2S2/c1-2-3-6-10-26-19(29)13-7-4-5-8-15(13)27-20(26)24-25-21(27)31-12-16-22-14-9-11-30-17(14)18(28)23-16/h4-5,7-9,11H,2-3,6,10,12H2,1H3,(H,22,23,28). The Morgan fingerprint density at radius 1 is 1.13 bits per heavy atom. The second-order valence-electron chi connectivity index (χ2n) is 7.24. The van der Waals surface area contributed by atoms with Gasteiger partial charge in [-0.05, 0) is 30.0 Å². The number of thioether (sulfide) groups is 1. The van der Waals surface area contributed by atoms with E-state index in [1.165, 1.54) is 23.1 Å². The van der Waals surface area contributed by atoms with Gasteiger partial charge in [0.05, 0.1) is 22.2 Å². The number of unbranched alkanes of at least 4 members (excludes halogenated alkanes) is 2. The highest BCUT2D eigenvalue weighted by molar-refractivity contribution is 7.98. The van der Waals surface area contributed by atoms with E-state index in [1.54, 1.807) is 4.57 Å². The smallest absolute Gasteiger partial charge is 0.268 e. The summed E-state index contributed by atoms with van der Waals surface area (Å²) in [5, 5.41) is 11.9. The highest BCUT2D eigenvalue weighted by Crippen LogP contribution is 2.24. The Hall–Kier alpha value is -2.98. The van der Waals surface area contributed by atoms with Crippen molar-refractivity contribution in [2.45, 2.75) is 43.6 Å². The van der Waals surface area contributed by atoms with Gasteiger partial charge in [-0.15, -0.1) is 21.5 Å². The number of fused-ring (bicyclic) bond motifs is 4. The first-order chi connectivity index (χ1) is 15.2. The highest BCUT2D eigenvalue weighted by Gasteiger charge is 2.17. The second kappa shape index (κ2) is 8.27. The predicted molar refractivity (Wildman–Crippen MR) is 124 cm³/mol. The molecule has 0 amide bonds. The van der Waals surface area contributed by atoms with Crippen molar-refractivity contribution in [3.8, 4) is 0 Å². The van der Waals surface area contributed by atoms with Crippen LogP contribution in [0.2, 0.25) is 0 Å². The first-order valence-corrected chi connectivity index (χ1v) is 12.0. The lowest BCUT2D eigenvalue weighted by Gasteiger charge is -2.11. The molecule has 0 atom stereocenters. The third kappa shape index (κ3) is 3.55. The molecule has 5 rings (SSSR count). The summed E-state index contributed by atoms with van der Waals surface area (Å²) in [4.78, 5) is 32.7. The number of aryl methyl sites for hydroxylation is 1. The maximum Gasteiger partial charge on any atom is 0.268 e. The molecular weight excluding hydrogens is 432 g/mol. The molecule has 31 heavy (non-hydrogen) atoms. The maximum atomic E-state index is 13.1. The molecule has 0 fully saturated rings. The van der Waals surface area contributed by atoms with Crippen LogP contribution in [0.4, 0.5) is 0 Å². The lowest BCUT2D eigenvalue weighted by atomic mass is 10.2. The van der Waals surface area contributed by atoms with Gasteiger partial charge in [-0.3, -0.25) is 18.6 Å². The number of hydrogen-bond donors (Lipinski definition) is 1. The van der Waals surface area contributed by atoms with Crippen LogP contribution in [0.1, 0.15) is 32.0 Å². The maximum absolute atomic E-state index is 13.1. The van der Waals surface area contributed by atoms with Gasteiger partial charge in [0.2, 0.25) is 5.78 Å². The number of para-hydroxylation sites is 1. The Balaban J connectivity index is 1.57. The Kier molecular flexibility index (Phi) is 5.33. The minimum atomic E-state index is -0.128. The van der Waals surface area contributed by atoms with Crippen molar-refractivity contribution in [1.82, 2.24) is 29.1 Å². The summed E-state index contributed by atoms with van der Waals surface area (Å²) in [6.45, 7) is 2.74. The molecule has 8 nitrogen and oxygen atoms in total. The van der Waals surface area contributed by atoms with Gasteiger partial charge >= 0.3 is 0 Å². The zero-order valence-electron chi connectivity index (χ0n) is 16.9. The molecule has 5 aromatic rings. The van der Waals surface area contributed by atoms with E-state index in [9.17, 15) is 9.59 Å². The van der Waals surface area contributed by atoms with Crippen LogP contribution in [0.5, 0.6) is 0 Å². The molecule has 0 aliphatic carbocycles. The first kappa shape index (κ1) is 20.0. The first-order valence-electron chi connectivity index (χ1n) is 10.1. The average molecular weight is 453 g/mol. The largest absolute Gasteiger partial charge is 0.309 e. The molecule has 4 aromatic heterocycles. The summed E-state index contributed by atoms with van der Waals surface area (Å²) < 4.78 is 4.27. The molecule has 0 aliphatic heterocycles. The molecule has 4 heterocycles. The van der Waals surface area contributed by atoms with E-state index in [4.69, 9.17) is 0 Å². The van der Waals surface area contributed by atoms with E-state index >= 15 is 0 Å². The van der Waals surface area contributed by atoms with Crippen LogP contribution in [0.25, 0.3) is 26.9 Å². The lowest BCUT2D eigenvalue weighted by molar-refractivity contribution is 0.594. The normalized spacial score (nSPS) is 11.8. The number of rotatable bonds is 7. The Bertz CT molecular complexity index is 1510. The molecule has 0 bridgehead atoms. The van der Waals surface area contributed by atoms with E-state index in [0.717, 1.165) is 24.8 Å². The van der Waals surface area contributed by atoms with Gasteiger partial charge in [-0.25, -0.2) is 4.98 Å². The number of thiophene rings is 1. The van der Waals surface area contributed by atoms with Crippen LogP contribution in [0.15, 0.2) is 50.5 Å². The van der Waals surface area contributed by atoms with Gasteiger partial charge in [0.25, 0.3) is 11.1 Å². The number of nitrogens with zero attached hydrogens (tertiary/aromatic N) is 5. The van der Waals surface area contributed by atoms with Crippen LogP contribution in [0.3, 0.4) is 0 Å². The molecular formula is C21H20N6O2S2. The molecule has 0 spiro atoms. The fourth-order valence-electron chi connectivity index (χ4n) is 3.67. The molecule has 0 aliphatic rings. The van der Waals surface area contributed by atoms with Gasteiger partial charge in [0.1, 0.15) is 10.5 Å². The van der Waals surface area contributed by atoms with Crippen LogP contribution < -0.4 is 11.1 Å². The number of hydrogen-bond acceptors (Lipinski definition) is 7. The van der Waals surface area contributed by atoms with Crippen molar-refractivity contribution in [1.29, 1.82) is 0 Å². The summed E-state index contributed by atoms with van der Waals surface area (Å²) in [6, 6.07) is 9.36. The SMILES string of the molecule is CCCCCn1c(=O)c2ccccc2n2c(SCc3nc4ccsc4c(=O)[nH]3)nnc12. The van der Waals surface area contributed by atoms with Crippen molar-refractivity contribution >= 4 is 50.0 Å². The Morgan fingerprint density at radius 3 is 2.87 bits per heavy atom. The van der Waals surface area contributed by atoms with Gasteiger partial charge in [-0.1, -0.05) is 43.7 Å². The fraction of sp³-hybridized carbons (Fsp3) is 0.286. The van der Waals surface area contributed by atoms with E-state index < -0.39 is 0 Å². The Labute approximate surface area is 185 Å². The number of benzene rings is 1. The topological polar surface area (TPSA) is 97.9 Å². The third-order valence-corrected chi connectivity index (χ3v) is 7.01. The van der Waals surface area contributed by atoms with Crippen LogP contribution in [0, 0.1) is 0 Å². The molecule has 0 saturated heterocycles. The monoisotopic (exact) mass is 452 g/mol. The van der Waals surface area contributed by atoms with Gasteiger partial charge in [0.15, 0.2) is 5.16 Å². The fourth-order valence-corrected chi connectivity index (χ4v) is 5.21. The zero-order chi connectivity index (χ0) is 21.4. The van der Waals surface area contributed by atoms with Crippen LogP contribution in [-0.2, 0) is 12.3 Å². The zero-order valence-corrected chi connectivity index (χ0v) is 18.5. The summed E-state index contributed by atoms with van der Waals surface area (Å²) in [6.07, 6.45) is 3.03. The van der Waals surface area contributed by atoms with E-state index in [2.05, 4.69) is 27.1 Å². The molecule has 0 unspecified atom stereocenters. The van der Waals surface area contributed by atoms with E-state index in [0.29, 0.717) is 44.7 Å². The molecule has 158 valence electrons. The van der Waals surface area contributed by atoms with Gasteiger partial charge in [0, 0.05) is 6.54 Å². The van der Waals surface area contributed by atoms with Crippen molar-refractivity contribution in [3.05, 3.63) is 62.2 Å². The third-order valence-electron chi connectivity index (χ3n) is 5.17. The van der Waals surface area contributed by atoms with E-state index in [1.807, 2.05) is 40.1 Å². The number of nitrogens with one attached hydrogen (secondary N) is 1. The number of aromatic amines is 1. The lowest BCUT2D eigenvalue weighted by Crippen LogP contribution is -2.23. The summed E-state index contributed by atoms with van der Waals surface area (Å²) >= 11 is 2.81.